The predicted octanol–water partition coefficient (Wildman–Crippen LogP) is 1.03. The van der Waals surface area contributed by atoms with Gasteiger partial charge in [0.2, 0.25) is 5.91 Å². The fraction of sp³-hybridized carbons (Fsp3) is 0.500. The number of nitrogens with one attached hydrogen (secondary N) is 2. The van der Waals surface area contributed by atoms with Crippen LogP contribution in [0.25, 0.3) is 0 Å². The van der Waals surface area contributed by atoms with Crippen molar-refractivity contribution in [2.24, 2.45) is 5.41 Å². The summed E-state index contributed by atoms with van der Waals surface area (Å²) in [5, 5.41) is 14.8. The van der Waals surface area contributed by atoms with Gasteiger partial charge in [-0.05, 0) is 13.8 Å². The highest BCUT2D eigenvalue weighted by atomic mass is 32.1. The minimum Gasteiger partial charge on any atom is -0.477 e. The number of aromatic carboxylic acids is 1. The predicted molar refractivity (Wildman–Crippen MR) is 65.4 cm³/mol. The molecule has 0 aliphatic rings. The first-order chi connectivity index (χ1) is 7.86. The number of hydrogen-bond donors (Lipinski definition) is 3. The van der Waals surface area contributed by atoms with E-state index in [1.54, 1.807) is 20.9 Å². The standard InChI is InChI=1S/C10H15N3O3S/c1-10(2,8(16)11-3)5-13-9-12-4-6(17-9)7(14)15/h4H,5H2,1-3H3,(H,11,16)(H,12,13)(H,14,15). The van der Waals surface area contributed by atoms with Gasteiger partial charge in [0.25, 0.3) is 0 Å². The molecule has 17 heavy (non-hydrogen) atoms. The molecule has 1 rings (SSSR count). The highest BCUT2D eigenvalue weighted by Gasteiger charge is 2.26. The van der Waals surface area contributed by atoms with E-state index >= 15 is 0 Å². The van der Waals surface area contributed by atoms with Crippen LogP contribution in [0, 0.1) is 5.41 Å². The number of amides is 1. The number of thiazole rings is 1. The molecular weight excluding hydrogens is 242 g/mol. The van der Waals surface area contributed by atoms with Gasteiger partial charge in [-0.15, -0.1) is 0 Å². The summed E-state index contributed by atoms with van der Waals surface area (Å²) >= 11 is 1.05. The Morgan fingerprint density at radius 1 is 1.53 bits per heavy atom. The third kappa shape index (κ3) is 3.42. The summed E-state index contributed by atoms with van der Waals surface area (Å²) in [6.07, 6.45) is 1.29. The molecule has 6 nitrogen and oxygen atoms in total. The smallest absolute Gasteiger partial charge is 0.347 e. The van der Waals surface area contributed by atoms with Crippen molar-refractivity contribution in [2.45, 2.75) is 13.8 Å². The lowest BCUT2D eigenvalue weighted by Gasteiger charge is -2.22. The molecule has 1 aromatic heterocycles. The van der Waals surface area contributed by atoms with Gasteiger partial charge in [0.15, 0.2) is 5.13 Å². The lowest BCUT2D eigenvalue weighted by molar-refractivity contribution is -0.128. The van der Waals surface area contributed by atoms with Crippen LogP contribution in [0.5, 0.6) is 0 Å². The number of carbonyl (C=O) groups excluding carboxylic acids is 1. The number of anilines is 1. The Labute approximate surface area is 103 Å². The van der Waals surface area contributed by atoms with Crippen molar-refractivity contribution < 1.29 is 14.7 Å². The fourth-order valence-electron chi connectivity index (χ4n) is 1.17. The Balaban J connectivity index is 2.61. The first-order valence-corrected chi connectivity index (χ1v) is 5.83. The average molecular weight is 257 g/mol. The number of hydrogen-bond acceptors (Lipinski definition) is 5. The molecule has 0 aliphatic carbocycles. The second-order valence-corrected chi connectivity index (χ2v) is 5.18. The fourth-order valence-corrected chi connectivity index (χ4v) is 1.82. The van der Waals surface area contributed by atoms with Gasteiger partial charge in [-0.1, -0.05) is 11.3 Å². The number of rotatable bonds is 5. The molecule has 0 spiro atoms. The van der Waals surface area contributed by atoms with E-state index in [4.69, 9.17) is 5.11 Å². The maximum absolute atomic E-state index is 11.5. The third-order valence-electron chi connectivity index (χ3n) is 2.24. The highest BCUT2D eigenvalue weighted by Crippen LogP contribution is 2.21. The Morgan fingerprint density at radius 3 is 2.65 bits per heavy atom. The average Bonchev–Trinajstić information content (AvgIpc) is 2.74. The summed E-state index contributed by atoms with van der Waals surface area (Å²) < 4.78 is 0. The van der Waals surface area contributed by atoms with E-state index in [1.807, 2.05) is 0 Å². The summed E-state index contributed by atoms with van der Waals surface area (Å²) in [5.74, 6) is -1.08. The van der Waals surface area contributed by atoms with Crippen LogP contribution < -0.4 is 10.6 Å². The molecule has 0 radical (unpaired) electrons. The van der Waals surface area contributed by atoms with Crippen LogP contribution in [0.2, 0.25) is 0 Å². The van der Waals surface area contributed by atoms with E-state index in [9.17, 15) is 9.59 Å². The van der Waals surface area contributed by atoms with E-state index in [0.717, 1.165) is 11.3 Å². The maximum atomic E-state index is 11.5. The topological polar surface area (TPSA) is 91.3 Å². The van der Waals surface area contributed by atoms with Gasteiger partial charge in [-0.25, -0.2) is 9.78 Å². The quantitative estimate of drug-likeness (QED) is 0.732. The van der Waals surface area contributed by atoms with Crippen LogP contribution in [0.3, 0.4) is 0 Å². The van der Waals surface area contributed by atoms with Crippen LogP contribution in [-0.4, -0.2) is 35.6 Å². The van der Waals surface area contributed by atoms with Crippen molar-refractivity contribution in [3.63, 3.8) is 0 Å². The zero-order chi connectivity index (χ0) is 13.1. The monoisotopic (exact) mass is 257 g/mol. The van der Waals surface area contributed by atoms with Crippen LogP contribution in [0.15, 0.2) is 6.20 Å². The minimum absolute atomic E-state index is 0.0833. The lowest BCUT2D eigenvalue weighted by Crippen LogP contribution is -2.39. The molecule has 94 valence electrons. The molecule has 0 saturated carbocycles. The summed E-state index contributed by atoms with van der Waals surface area (Å²) in [5.41, 5.74) is -0.580. The zero-order valence-electron chi connectivity index (χ0n) is 9.90. The molecule has 0 aliphatic heterocycles. The van der Waals surface area contributed by atoms with Gasteiger partial charge in [0.1, 0.15) is 4.88 Å². The molecule has 1 heterocycles. The number of nitrogens with zero attached hydrogens (tertiary/aromatic N) is 1. The Morgan fingerprint density at radius 2 is 2.18 bits per heavy atom. The van der Waals surface area contributed by atoms with Crippen LogP contribution in [-0.2, 0) is 4.79 Å². The minimum atomic E-state index is -0.999. The van der Waals surface area contributed by atoms with Crippen molar-refractivity contribution in [2.75, 3.05) is 18.9 Å². The van der Waals surface area contributed by atoms with Crippen molar-refractivity contribution >= 4 is 28.3 Å². The number of carbonyl (C=O) groups is 2. The largest absolute Gasteiger partial charge is 0.477 e. The van der Waals surface area contributed by atoms with E-state index in [2.05, 4.69) is 15.6 Å². The normalized spacial score (nSPS) is 11.0. The van der Waals surface area contributed by atoms with Crippen molar-refractivity contribution in [3.8, 4) is 0 Å². The number of carboxylic acid groups (broad SMARTS) is 1. The van der Waals surface area contributed by atoms with Gasteiger partial charge in [0.05, 0.1) is 11.6 Å². The number of carboxylic acids is 1. The van der Waals surface area contributed by atoms with Crippen molar-refractivity contribution in [1.29, 1.82) is 0 Å². The SMILES string of the molecule is CNC(=O)C(C)(C)CNc1ncc(C(=O)O)s1. The first-order valence-electron chi connectivity index (χ1n) is 5.02. The molecule has 1 aromatic rings. The van der Waals surface area contributed by atoms with Gasteiger partial charge in [-0.3, -0.25) is 4.79 Å². The van der Waals surface area contributed by atoms with Crippen molar-refractivity contribution in [1.82, 2.24) is 10.3 Å². The van der Waals surface area contributed by atoms with E-state index in [-0.39, 0.29) is 10.8 Å². The Hall–Kier alpha value is -1.63. The Kier molecular flexibility index (Phi) is 4.06. The lowest BCUT2D eigenvalue weighted by atomic mass is 9.92. The molecule has 0 unspecified atom stereocenters. The molecule has 0 saturated heterocycles. The molecule has 3 N–H and O–H groups in total. The van der Waals surface area contributed by atoms with Gasteiger partial charge in [0, 0.05) is 13.6 Å². The van der Waals surface area contributed by atoms with Crippen LogP contribution >= 0.6 is 11.3 Å². The molecule has 7 heteroatoms. The number of aromatic nitrogens is 1. The highest BCUT2D eigenvalue weighted by molar-refractivity contribution is 7.17. The summed E-state index contributed by atoms with van der Waals surface area (Å²) in [7, 11) is 1.58. The van der Waals surface area contributed by atoms with Crippen LogP contribution in [0.4, 0.5) is 5.13 Å². The second-order valence-electron chi connectivity index (χ2n) is 4.15. The van der Waals surface area contributed by atoms with Gasteiger partial charge >= 0.3 is 5.97 Å². The summed E-state index contributed by atoms with van der Waals surface area (Å²) in [6, 6.07) is 0. The van der Waals surface area contributed by atoms with E-state index < -0.39 is 11.4 Å². The Bertz CT molecular complexity index is 428. The summed E-state index contributed by atoms with van der Waals surface area (Å²) in [6.45, 7) is 3.98. The second kappa shape index (κ2) is 5.13. The summed E-state index contributed by atoms with van der Waals surface area (Å²) in [4.78, 5) is 26.2. The molecule has 0 fully saturated rings. The molecule has 0 aromatic carbocycles. The maximum Gasteiger partial charge on any atom is 0.347 e. The zero-order valence-corrected chi connectivity index (χ0v) is 10.7. The first kappa shape index (κ1) is 13.4. The molecule has 0 atom stereocenters. The van der Waals surface area contributed by atoms with E-state index in [1.165, 1.54) is 6.20 Å². The van der Waals surface area contributed by atoms with E-state index in [0.29, 0.717) is 11.7 Å². The van der Waals surface area contributed by atoms with Gasteiger partial charge < -0.3 is 15.7 Å². The molecule has 0 bridgehead atoms. The van der Waals surface area contributed by atoms with Crippen LogP contribution in [0.1, 0.15) is 23.5 Å². The van der Waals surface area contributed by atoms with Crippen molar-refractivity contribution in [3.05, 3.63) is 11.1 Å². The van der Waals surface area contributed by atoms with Gasteiger partial charge in [-0.2, -0.15) is 0 Å². The molecule has 1 amide bonds. The third-order valence-corrected chi connectivity index (χ3v) is 3.18. The molecular formula is C10H15N3O3S.